The van der Waals surface area contributed by atoms with Crippen LogP contribution >= 0.6 is 0 Å². The second kappa shape index (κ2) is 6.08. The van der Waals surface area contributed by atoms with Gasteiger partial charge in [0, 0.05) is 12.3 Å². The molecule has 22 heavy (non-hydrogen) atoms. The number of pyridine rings is 1. The van der Waals surface area contributed by atoms with E-state index >= 15 is 0 Å². The molecule has 1 atom stereocenters. The van der Waals surface area contributed by atoms with E-state index in [-0.39, 0.29) is 5.75 Å². The molecule has 0 fully saturated rings. The largest absolute Gasteiger partial charge is 0.481 e. The summed E-state index contributed by atoms with van der Waals surface area (Å²) in [7, 11) is -1.71. The van der Waals surface area contributed by atoms with Crippen LogP contribution in [0.4, 0.5) is 0 Å². The average molecular weight is 317 g/mol. The molecule has 1 heterocycles. The third-order valence-corrected chi connectivity index (χ3v) is 6.21. The molecule has 0 bridgehead atoms. The zero-order chi connectivity index (χ0) is 15.6. The second-order valence-electron chi connectivity index (χ2n) is 5.60. The number of sulfone groups is 1. The van der Waals surface area contributed by atoms with Gasteiger partial charge in [-0.1, -0.05) is 30.3 Å². The van der Waals surface area contributed by atoms with Crippen molar-refractivity contribution in [1.29, 1.82) is 0 Å². The number of methoxy groups -OCH3 is 1. The summed E-state index contributed by atoms with van der Waals surface area (Å²) in [6, 6.07) is 11.3. The molecule has 3 rings (SSSR count). The van der Waals surface area contributed by atoms with Crippen LogP contribution in [0, 0.1) is 0 Å². The van der Waals surface area contributed by atoms with E-state index in [2.05, 4.69) is 4.98 Å². The minimum Gasteiger partial charge on any atom is -0.481 e. The Bertz CT molecular complexity index is 754. The van der Waals surface area contributed by atoms with Crippen LogP contribution in [0.15, 0.2) is 42.6 Å². The highest BCUT2D eigenvalue weighted by molar-refractivity contribution is 7.90. The molecule has 1 aliphatic rings. The summed E-state index contributed by atoms with van der Waals surface area (Å²) in [6.45, 7) is 0. The quantitative estimate of drug-likeness (QED) is 0.869. The molecule has 116 valence electrons. The summed E-state index contributed by atoms with van der Waals surface area (Å²) in [4.78, 5) is 4.08. The Balaban J connectivity index is 1.87. The van der Waals surface area contributed by atoms with Crippen LogP contribution in [0.1, 0.15) is 34.8 Å². The lowest BCUT2D eigenvalue weighted by molar-refractivity contribution is 0.397. The Kier molecular flexibility index (Phi) is 4.16. The molecular weight excluding hydrogens is 298 g/mol. The normalized spacial score (nSPS) is 17.8. The molecule has 1 unspecified atom stereocenters. The Hall–Kier alpha value is -1.88. The van der Waals surface area contributed by atoms with Crippen molar-refractivity contribution >= 4 is 9.84 Å². The first kappa shape index (κ1) is 15.0. The van der Waals surface area contributed by atoms with E-state index in [4.69, 9.17) is 4.74 Å². The van der Waals surface area contributed by atoms with Gasteiger partial charge >= 0.3 is 0 Å². The molecule has 4 nitrogen and oxygen atoms in total. The SMILES string of the molecule is COc1ccc(CS(=O)(=O)C2CCCc3ccccc32)cn1. The van der Waals surface area contributed by atoms with Gasteiger partial charge in [-0.3, -0.25) is 0 Å². The molecule has 0 radical (unpaired) electrons. The number of aryl methyl sites for hydroxylation is 1. The van der Waals surface area contributed by atoms with E-state index in [0.29, 0.717) is 17.9 Å². The van der Waals surface area contributed by atoms with Gasteiger partial charge < -0.3 is 4.74 Å². The molecule has 0 amide bonds. The molecule has 1 aliphatic carbocycles. The monoisotopic (exact) mass is 317 g/mol. The minimum absolute atomic E-state index is 0.0169. The van der Waals surface area contributed by atoms with Crippen molar-refractivity contribution in [2.45, 2.75) is 30.3 Å². The van der Waals surface area contributed by atoms with Gasteiger partial charge in [-0.2, -0.15) is 0 Å². The van der Waals surface area contributed by atoms with Crippen LogP contribution in [-0.4, -0.2) is 20.5 Å². The van der Waals surface area contributed by atoms with Gasteiger partial charge in [0.05, 0.1) is 18.1 Å². The van der Waals surface area contributed by atoms with Gasteiger partial charge in [-0.25, -0.2) is 13.4 Å². The van der Waals surface area contributed by atoms with Crippen molar-refractivity contribution in [3.63, 3.8) is 0 Å². The molecule has 0 spiro atoms. The van der Waals surface area contributed by atoms with E-state index in [1.807, 2.05) is 24.3 Å². The smallest absolute Gasteiger partial charge is 0.212 e. The highest BCUT2D eigenvalue weighted by Gasteiger charge is 2.31. The fourth-order valence-corrected chi connectivity index (χ4v) is 5.01. The Morgan fingerprint density at radius 1 is 1.23 bits per heavy atom. The summed E-state index contributed by atoms with van der Waals surface area (Å²) < 4.78 is 30.6. The van der Waals surface area contributed by atoms with Crippen LogP contribution in [0.2, 0.25) is 0 Å². The molecule has 1 aromatic carbocycles. The maximum atomic E-state index is 12.8. The van der Waals surface area contributed by atoms with Gasteiger partial charge in [0.2, 0.25) is 5.88 Å². The number of hydrogen-bond acceptors (Lipinski definition) is 4. The van der Waals surface area contributed by atoms with Crippen LogP contribution < -0.4 is 4.74 Å². The van der Waals surface area contributed by atoms with Crippen molar-refractivity contribution in [3.05, 3.63) is 59.3 Å². The molecule has 1 aromatic heterocycles. The summed E-state index contributed by atoms with van der Waals surface area (Å²) in [5.41, 5.74) is 2.83. The van der Waals surface area contributed by atoms with E-state index in [1.54, 1.807) is 18.3 Å². The number of ether oxygens (including phenoxy) is 1. The van der Waals surface area contributed by atoms with Crippen molar-refractivity contribution in [2.24, 2.45) is 0 Å². The summed E-state index contributed by atoms with van der Waals surface area (Å²) in [6.07, 6.45) is 4.15. The standard InChI is InChI=1S/C17H19NO3S/c1-21-17-10-9-13(11-18-17)12-22(19,20)16-8-4-6-14-5-2-3-7-15(14)16/h2-3,5,7,9-11,16H,4,6,8,12H2,1H3. The van der Waals surface area contributed by atoms with Gasteiger partial charge in [0.25, 0.3) is 0 Å². The maximum Gasteiger partial charge on any atom is 0.212 e. The number of hydrogen-bond donors (Lipinski definition) is 0. The van der Waals surface area contributed by atoms with Crippen molar-refractivity contribution < 1.29 is 13.2 Å². The second-order valence-corrected chi connectivity index (χ2v) is 7.78. The van der Waals surface area contributed by atoms with Crippen molar-refractivity contribution in [1.82, 2.24) is 4.98 Å². The predicted octanol–water partition coefficient (Wildman–Crippen LogP) is 3.08. The van der Waals surface area contributed by atoms with Crippen molar-refractivity contribution in [3.8, 4) is 5.88 Å². The van der Waals surface area contributed by atoms with Crippen LogP contribution in [0.25, 0.3) is 0 Å². The lowest BCUT2D eigenvalue weighted by atomic mass is 9.91. The minimum atomic E-state index is -3.25. The van der Waals surface area contributed by atoms with Gasteiger partial charge in [-0.05, 0) is 36.0 Å². The number of aromatic nitrogens is 1. The first-order valence-electron chi connectivity index (χ1n) is 7.38. The highest BCUT2D eigenvalue weighted by atomic mass is 32.2. The van der Waals surface area contributed by atoms with Crippen LogP contribution in [0.3, 0.4) is 0 Å². The summed E-state index contributed by atoms with van der Waals surface area (Å²) in [5.74, 6) is 0.507. The average Bonchev–Trinajstić information content (AvgIpc) is 2.54. The van der Waals surface area contributed by atoms with Gasteiger partial charge in [0.15, 0.2) is 9.84 Å². The first-order chi connectivity index (χ1) is 10.6. The number of fused-ring (bicyclic) bond motifs is 1. The van der Waals surface area contributed by atoms with E-state index in [9.17, 15) is 8.42 Å². The molecule has 0 aliphatic heterocycles. The third kappa shape index (κ3) is 2.99. The molecule has 0 N–H and O–H groups in total. The molecular formula is C17H19NO3S. The predicted molar refractivity (Wildman–Crippen MR) is 85.5 cm³/mol. The first-order valence-corrected chi connectivity index (χ1v) is 9.10. The zero-order valence-electron chi connectivity index (χ0n) is 12.5. The van der Waals surface area contributed by atoms with Crippen LogP contribution in [-0.2, 0) is 22.0 Å². The molecule has 2 aromatic rings. The zero-order valence-corrected chi connectivity index (χ0v) is 13.3. The van der Waals surface area contributed by atoms with E-state index < -0.39 is 15.1 Å². The van der Waals surface area contributed by atoms with Crippen LogP contribution in [0.5, 0.6) is 5.88 Å². The van der Waals surface area contributed by atoms with E-state index in [1.165, 1.54) is 7.11 Å². The van der Waals surface area contributed by atoms with Gasteiger partial charge in [-0.15, -0.1) is 0 Å². The molecule has 5 heteroatoms. The Morgan fingerprint density at radius 2 is 2.05 bits per heavy atom. The summed E-state index contributed by atoms with van der Waals surface area (Å²) in [5, 5.41) is -0.403. The highest BCUT2D eigenvalue weighted by Crippen LogP contribution is 2.37. The number of rotatable bonds is 4. The fourth-order valence-electron chi connectivity index (χ4n) is 3.03. The Labute approximate surface area is 131 Å². The maximum absolute atomic E-state index is 12.8. The Morgan fingerprint density at radius 3 is 2.77 bits per heavy atom. The number of nitrogens with zero attached hydrogens (tertiary/aromatic N) is 1. The number of benzene rings is 1. The van der Waals surface area contributed by atoms with Crippen molar-refractivity contribution in [2.75, 3.05) is 7.11 Å². The van der Waals surface area contributed by atoms with E-state index in [0.717, 1.165) is 24.0 Å². The summed E-state index contributed by atoms with van der Waals surface area (Å²) >= 11 is 0. The molecule has 0 saturated heterocycles. The fraction of sp³-hybridized carbons (Fsp3) is 0.353. The topological polar surface area (TPSA) is 56.3 Å². The van der Waals surface area contributed by atoms with Gasteiger partial charge in [0.1, 0.15) is 0 Å². The lowest BCUT2D eigenvalue weighted by Crippen LogP contribution is -2.20. The molecule has 0 saturated carbocycles. The third-order valence-electron chi connectivity index (χ3n) is 4.12. The lowest BCUT2D eigenvalue weighted by Gasteiger charge is -2.25.